The monoisotopic (exact) mass is 659 g/mol. The van der Waals surface area contributed by atoms with Crippen molar-refractivity contribution in [3.05, 3.63) is 119 Å². The summed E-state index contributed by atoms with van der Waals surface area (Å²) in [7, 11) is 0. The summed E-state index contributed by atoms with van der Waals surface area (Å²) in [6.07, 6.45) is 0.862. The van der Waals surface area contributed by atoms with Crippen LogP contribution in [0.5, 0.6) is 11.5 Å². The van der Waals surface area contributed by atoms with E-state index in [2.05, 4.69) is 59.0 Å². The second kappa shape index (κ2) is 14.7. The zero-order valence-corrected chi connectivity index (χ0v) is 30.0. The van der Waals surface area contributed by atoms with Crippen LogP contribution in [-0.2, 0) is 20.4 Å². The van der Waals surface area contributed by atoms with Crippen molar-refractivity contribution < 1.29 is 19.1 Å². The van der Waals surface area contributed by atoms with Gasteiger partial charge in [0.1, 0.15) is 17.2 Å². The summed E-state index contributed by atoms with van der Waals surface area (Å²) in [6, 6.07) is 30.7. The van der Waals surface area contributed by atoms with Gasteiger partial charge in [-0.25, -0.2) is 0 Å². The number of carbonyl (C=O) groups excluding carboxylic acids is 2. The molecule has 2 unspecified atom stereocenters. The molecular weight excluding hydrogens is 610 g/mol. The molecule has 7 nitrogen and oxygen atoms in total. The first kappa shape index (κ1) is 35.4. The molecule has 1 heterocycles. The average Bonchev–Trinajstić information content (AvgIpc) is 3.43. The highest BCUT2D eigenvalue weighted by Crippen LogP contribution is 2.39. The maximum atomic E-state index is 13.7. The number of hydrogen-bond acceptors (Lipinski definition) is 5. The van der Waals surface area contributed by atoms with Gasteiger partial charge in [0.2, 0.25) is 6.10 Å². The van der Waals surface area contributed by atoms with Gasteiger partial charge in [-0.2, -0.15) is 10.1 Å². The molecule has 7 heteroatoms. The van der Waals surface area contributed by atoms with Crippen LogP contribution in [0.4, 0.5) is 11.4 Å². The van der Waals surface area contributed by atoms with Crippen LogP contribution in [0.25, 0.3) is 0 Å². The number of ether oxygens (including phenoxy) is 2. The van der Waals surface area contributed by atoms with Crippen LogP contribution < -0.4 is 19.8 Å². The second-order valence-corrected chi connectivity index (χ2v) is 14.0. The number of nitrogens with zero attached hydrogens (tertiary/aromatic N) is 2. The lowest BCUT2D eigenvalue weighted by Crippen LogP contribution is -2.37. The minimum Gasteiger partial charge on any atom is -0.480 e. The lowest BCUT2D eigenvalue weighted by atomic mass is 9.76. The van der Waals surface area contributed by atoms with E-state index in [4.69, 9.17) is 14.6 Å². The summed E-state index contributed by atoms with van der Waals surface area (Å²) in [6.45, 7) is 17.3. The van der Waals surface area contributed by atoms with Gasteiger partial charge < -0.3 is 14.8 Å². The maximum Gasteiger partial charge on any atom is 0.294 e. The Morgan fingerprint density at radius 1 is 0.857 bits per heavy atom. The molecule has 49 heavy (non-hydrogen) atoms. The molecule has 0 spiro atoms. The number of hydrazone groups is 1. The average molecular weight is 660 g/mol. The van der Waals surface area contributed by atoms with Crippen LogP contribution in [-0.4, -0.2) is 29.7 Å². The van der Waals surface area contributed by atoms with Crippen molar-refractivity contribution in [3.8, 4) is 11.5 Å². The molecule has 4 aromatic carbocycles. The molecule has 1 aliphatic heterocycles. The van der Waals surface area contributed by atoms with E-state index in [9.17, 15) is 9.59 Å². The van der Waals surface area contributed by atoms with Gasteiger partial charge >= 0.3 is 0 Å². The largest absolute Gasteiger partial charge is 0.480 e. The number of amides is 2. The van der Waals surface area contributed by atoms with E-state index < -0.39 is 12.2 Å². The van der Waals surface area contributed by atoms with Gasteiger partial charge in [0.15, 0.2) is 6.10 Å². The molecule has 256 valence electrons. The number of aryl methyl sites for hydroxylation is 1. The zero-order valence-electron chi connectivity index (χ0n) is 30.0. The first-order valence-corrected chi connectivity index (χ1v) is 17.3. The fourth-order valence-corrected chi connectivity index (χ4v) is 5.66. The zero-order chi connectivity index (χ0) is 35.3. The molecule has 0 aliphatic carbocycles. The van der Waals surface area contributed by atoms with Gasteiger partial charge in [0.25, 0.3) is 11.8 Å². The summed E-state index contributed by atoms with van der Waals surface area (Å²) in [4.78, 5) is 27.3. The third-order valence-electron chi connectivity index (χ3n) is 9.80. The SMILES string of the molecule is CCC(Oc1ccc(C(C)(C)CC)cc1C(C)(C)CC)C(=O)Nc1ccc(N2N=C(c3ccccc3)C(Oc3ccc(C)cc3)C2=O)cc1. The third-order valence-corrected chi connectivity index (χ3v) is 9.80. The fraction of sp³-hybridized carbons (Fsp3) is 0.357. The third kappa shape index (κ3) is 7.88. The number of carbonyl (C=O) groups is 2. The summed E-state index contributed by atoms with van der Waals surface area (Å²) < 4.78 is 12.7. The van der Waals surface area contributed by atoms with Crippen LogP contribution in [0.2, 0.25) is 0 Å². The predicted molar refractivity (Wildman–Crippen MR) is 199 cm³/mol. The molecule has 1 N–H and O–H groups in total. The molecular formula is C42H49N3O4. The molecule has 0 fully saturated rings. The number of hydrogen-bond donors (Lipinski definition) is 1. The molecule has 0 radical (unpaired) electrons. The molecule has 1 aliphatic rings. The molecule has 4 aromatic rings. The highest BCUT2D eigenvalue weighted by molar-refractivity contribution is 6.24. The van der Waals surface area contributed by atoms with Gasteiger partial charge in [-0.05, 0) is 85.0 Å². The first-order chi connectivity index (χ1) is 23.4. The van der Waals surface area contributed by atoms with Crippen LogP contribution in [0.1, 0.15) is 90.0 Å². The summed E-state index contributed by atoms with van der Waals surface area (Å²) in [5.41, 5.74) is 5.88. The molecule has 0 saturated heterocycles. The minimum atomic E-state index is -0.906. The minimum absolute atomic E-state index is 0.0356. The van der Waals surface area contributed by atoms with E-state index in [0.29, 0.717) is 29.3 Å². The van der Waals surface area contributed by atoms with E-state index in [1.807, 2.05) is 74.5 Å². The van der Waals surface area contributed by atoms with Gasteiger partial charge in [0, 0.05) is 16.8 Å². The molecule has 0 aromatic heterocycles. The van der Waals surface area contributed by atoms with Crippen LogP contribution in [0.3, 0.4) is 0 Å². The topological polar surface area (TPSA) is 80.2 Å². The Morgan fingerprint density at radius 2 is 1.51 bits per heavy atom. The lowest BCUT2D eigenvalue weighted by molar-refractivity contribution is -0.123. The Morgan fingerprint density at radius 3 is 2.12 bits per heavy atom. The van der Waals surface area contributed by atoms with E-state index in [1.165, 1.54) is 10.6 Å². The van der Waals surface area contributed by atoms with Crippen molar-refractivity contribution >= 4 is 28.9 Å². The normalized spacial score (nSPS) is 15.5. The Labute approximate surface area is 291 Å². The standard InChI is InChI=1S/C42H49N3O4/c1-9-35(49-36-26-19-30(41(5,6)10-2)27-34(36)42(7,8)11-3)39(46)43-31-20-22-32(23-21-31)45-40(47)38(48-33-24-17-28(4)18-25-33)37(44-45)29-15-13-12-14-16-29/h12-27,35,38H,9-11H2,1-8H3,(H,43,46). The lowest BCUT2D eigenvalue weighted by Gasteiger charge is -2.31. The molecule has 2 atom stereocenters. The fourth-order valence-electron chi connectivity index (χ4n) is 5.66. The van der Waals surface area contributed by atoms with Gasteiger partial charge in [0.05, 0.1) is 5.69 Å². The Hall–Kier alpha value is -4.91. The van der Waals surface area contributed by atoms with Crippen LogP contribution in [0, 0.1) is 6.92 Å². The molecule has 5 rings (SSSR count). The smallest absolute Gasteiger partial charge is 0.294 e. The predicted octanol–water partition coefficient (Wildman–Crippen LogP) is 9.36. The quantitative estimate of drug-likeness (QED) is 0.155. The van der Waals surface area contributed by atoms with E-state index in [1.54, 1.807) is 24.3 Å². The van der Waals surface area contributed by atoms with Crippen molar-refractivity contribution in [2.45, 2.75) is 97.7 Å². The van der Waals surface area contributed by atoms with E-state index in [0.717, 1.165) is 35.3 Å². The van der Waals surface area contributed by atoms with E-state index in [-0.39, 0.29) is 22.6 Å². The Kier molecular flexibility index (Phi) is 10.6. The maximum absolute atomic E-state index is 13.7. The first-order valence-electron chi connectivity index (χ1n) is 17.3. The molecule has 2 amide bonds. The second-order valence-electron chi connectivity index (χ2n) is 14.0. The van der Waals surface area contributed by atoms with Gasteiger partial charge in [-0.15, -0.1) is 0 Å². The summed E-state index contributed by atoms with van der Waals surface area (Å²) >= 11 is 0. The number of nitrogens with one attached hydrogen (secondary N) is 1. The van der Waals surface area contributed by atoms with Gasteiger partial charge in [-0.1, -0.05) is 109 Å². The van der Waals surface area contributed by atoms with Crippen molar-refractivity contribution in [2.24, 2.45) is 5.10 Å². The Bertz CT molecular complexity index is 1790. The number of rotatable bonds is 13. The van der Waals surface area contributed by atoms with Crippen molar-refractivity contribution in [2.75, 3.05) is 10.3 Å². The molecule has 0 bridgehead atoms. The van der Waals surface area contributed by atoms with Crippen molar-refractivity contribution in [1.82, 2.24) is 0 Å². The Balaban J connectivity index is 1.33. The van der Waals surface area contributed by atoms with Crippen molar-refractivity contribution in [1.29, 1.82) is 0 Å². The number of anilines is 2. The van der Waals surface area contributed by atoms with Crippen LogP contribution in [0.15, 0.2) is 102 Å². The molecule has 0 saturated carbocycles. The van der Waals surface area contributed by atoms with Crippen LogP contribution >= 0.6 is 0 Å². The van der Waals surface area contributed by atoms with Gasteiger partial charge in [-0.3, -0.25) is 9.59 Å². The summed E-state index contributed by atoms with van der Waals surface area (Å²) in [5.74, 6) is 0.796. The number of benzene rings is 4. The highest BCUT2D eigenvalue weighted by atomic mass is 16.5. The highest BCUT2D eigenvalue weighted by Gasteiger charge is 2.39. The van der Waals surface area contributed by atoms with E-state index >= 15 is 0 Å². The van der Waals surface area contributed by atoms with Crippen molar-refractivity contribution in [3.63, 3.8) is 0 Å². The summed E-state index contributed by atoms with van der Waals surface area (Å²) in [5, 5.41) is 9.09.